The summed E-state index contributed by atoms with van der Waals surface area (Å²) in [4.78, 5) is 15.8. The molecule has 98 valence electrons. The van der Waals surface area contributed by atoms with Crippen molar-refractivity contribution in [1.82, 2.24) is 10.3 Å². The average Bonchev–Trinajstić information content (AvgIpc) is 2.42. The van der Waals surface area contributed by atoms with Gasteiger partial charge in [-0.1, -0.05) is 29.8 Å². The molecule has 1 N–H and O–H groups in total. The molecular formula is C16H18N2O. The predicted octanol–water partition coefficient (Wildman–Crippen LogP) is 2.73. The summed E-state index contributed by atoms with van der Waals surface area (Å²) in [6.07, 6.45) is 2.50. The Labute approximate surface area is 113 Å². The fraction of sp³-hybridized carbons (Fsp3) is 0.250. The maximum absolute atomic E-state index is 11.7. The van der Waals surface area contributed by atoms with Crippen molar-refractivity contribution in [1.29, 1.82) is 0 Å². The Morgan fingerprint density at radius 1 is 1.16 bits per heavy atom. The number of nitrogens with one attached hydrogen (secondary N) is 1. The number of carbonyl (C=O) groups excluding carboxylic acids is 1. The molecule has 0 aliphatic rings. The van der Waals surface area contributed by atoms with E-state index in [0.29, 0.717) is 12.2 Å². The molecule has 1 heterocycles. The number of pyridine rings is 1. The first-order valence-electron chi connectivity index (χ1n) is 6.47. The third-order valence-corrected chi connectivity index (χ3v) is 2.92. The van der Waals surface area contributed by atoms with Gasteiger partial charge in [0.1, 0.15) is 5.69 Å². The fourth-order valence-electron chi connectivity index (χ4n) is 1.90. The Morgan fingerprint density at radius 3 is 2.58 bits per heavy atom. The summed E-state index contributed by atoms with van der Waals surface area (Å²) in [5, 5.41) is 2.76. The van der Waals surface area contributed by atoms with Crippen LogP contribution in [0.3, 0.4) is 0 Å². The second kappa shape index (κ2) is 6.14. The van der Waals surface area contributed by atoms with E-state index < -0.39 is 0 Å². The molecule has 2 rings (SSSR count). The lowest BCUT2D eigenvalue weighted by atomic mass is 10.0. The van der Waals surface area contributed by atoms with Crippen molar-refractivity contribution in [2.24, 2.45) is 0 Å². The van der Waals surface area contributed by atoms with Crippen LogP contribution in [0.25, 0.3) is 0 Å². The van der Waals surface area contributed by atoms with Gasteiger partial charge in [0.2, 0.25) is 0 Å². The maximum atomic E-state index is 11.7. The van der Waals surface area contributed by atoms with Crippen LogP contribution in [-0.2, 0) is 6.42 Å². The molecule has 0 saturated heterocycles. The zero-order valence-electron chi connectivity index (χ0n) is 11.3. The van der Waals surface area contributed by atoms with Gasteiger partial charge in [0.15, 0.2) is 0 Å². The molecule has 3 heteroatoms. The molecule has 0 saturated carbocycles. The second-order valence-electron chi connectivity index (χ2n) is 4.57. The Balaban J connectivity index is 2.15. The highest BCUT2D eigenvalue weighted by atomic mass is 16.1. The minimum atomic E-state index is -0.117. The van der Waals surface area contributed by atoms with Crippen LogP contribution in [0.2, 0.25) is 0 Å². The Morgan fingerprint density at radius 2 is 1.89 bits per heavy atom. The number of rotatable bonds is 4. The zero-order valence-corrected chi connectivity index (χ0v) is 11.3. The van der Waals surface area contributed by atoms with Crippen LogP contribution in [0.15, 0.2) is 42.6 Å². The smallest absolute Gasteiger partial charge is 0.269 e. The molecule has 0 aliphatic heterocycles. The molecular weight excluding hydrogens is 236 g/mol. The van der Waals surface area contributed by atoms with E-state index in [1.54, 1.807) is 6.20 Å². The van der Waals surface area contributed by atoms with Crippen molar-refractivity contribution in [2.45, 2.75) is 20.3 Å². The molecule has 1 aromatic heterocycles. The van der Waals surface area contributed by atoms with Gasteiger partial charge in [-0.15, -0.1) is 0 Å². The van der Waals surface area contributed by atoms with E-state index in [1.165, 1.54) is 11.1 Å². The van der Waals surface area contributed by atoms with Crippen LogP contribution in [0.5, 0.6) is 0 Å². The maximum Gasteiger partial charge on any atom is 0.269 e. The first-order valence-corrected chi connectivity index (χ1v) is 6.47. The molecule has 3 nitrogen and oxygen atoms in total. The summed E-state index contributed by atoms with van der Waals surface area (Å²) in [7, 11) is 0. The first-order chi connectivity index (χ1) is 9.19. The van der Waals surface area contributed by atoms with E-state index in [4.69, 9.17) is 0 Å². The van der Waals surface area contributed by atoms with Gasteiger partial charge in [0.05, 0.1) is 0 Å². The topological polar surface area (TPSA) is 42.0 Å². The van der Waals surface area contributed by atoms with Gasteiger partial charge in [0, 0.05) is 12.7 Å². The van der Waals surface area contributed by atoms with Crippen molar-refractivity contribution in [3.05, 3.63) is 65.0 Å². The number of aromatic nitrogens is 1. The molecule has 0 fully saturated rings. The standard InChI is InChI=1S/C16H18N2O/c1-3-17-16(19)15-11-14(8-9-18-15)10-13-6-4-12(2)5-7-13/h4-9,11H,3,10H2,1-2H3,(H,17,19). The van der Waals surface area contributed by atoms with Gasteiger partial charge in [-0.25, -0.2) is 0 Å². The van der Waals surface area contributed by atoms with E-state index in [-0.39, 0.29) is 5.91 Å². The molecule has 1 amide bonds. The Kier molecular flexibility index (Phi) is 4.29. The number of carbonyl (C=O) groups is 1. The summed E-state index contributed by atoms with van der Waals surface area (Å²) >= 11 is 0. The van der Waals surface area contributed by atoms with E-state index in [9.17, 15) is 4.79 Å². The number of amides is 1. The SMILES string of the molecule is CCNC(=O)c1cc(Cc2ccc(C)cc2)ccn1. The highest BCUT2D eigenvalue weighted by molar-refractivity contribution is 5.92. The summed E-state index contributed by atoms with van der Waals surface area (Å²) in [6, 6.07) is 12.2. The van der Waals surface area contributed by atoms with E-state index in [2.05, 4.69) is 41.5 Å². The van der Waals surface area contributed by atoms with E-state index in [0.717, 1.165) is 12.0 Å². The Bertz CT molecular complexity index is 561. The van der Waals surface area contributed by atoms with Gasteiger partial charge in [-0.2, -0.15) is 0 Å². The molecule has 0 spiro atoms. The van der Waals surface area contributed by atoms with Crippen LogP contribution in [0, 0.1) is 6.92 Å². The van der Waals surface area contributed by atoms with Crippen molar-refractivity contribution >= 4 is 5.91 Å². The fourth-order valence-corrected chi connectivity index (χ4v) is 1.90. The van der Waals surface area contributed by atoms with Crippen LogP contribution in [0.4, 0.5) is 0 Å². The Hall–Kier alpha value is -2.16. The van der Waals surface area contributed by atoms with Crippen LogP contribution in [-0.4, -0.2) is 17.4 Å². The average molecular weight is 254 g/mol. The predicted molar refractivity (Wildman–Crippen MR) is 76.2 cm³/mol. The van der Waals surface area contributed by atoms with Crippen molar-refractivity contribution in [2.75, 3.05) is 6.54 Å². The summed E-state index contributed by atoms with van der Waals surface area (Å²) in [6.45, 7) is 4.58. The minimum absolute atomic E-state index is 0.117. The second-order valence-corrected chi connectivity index (χ2v) is 4.57. The van der Waals surface area contributed by atoms with Gasteiger partial charge >= 0.3 is 0 Å². The molecule has 0 unspecified atom stereocenters. The molecule has 0 atom stereocenters. The van der Waals surface area contributed by atoms with Crippen LogP contribution >= 0.6 is 0 Å². The largest absolute Gasteiger partial charge is 0.351 e. The van der Waals surface area contributed by atoms with Gasteiger partial charge in [-0.3, -0.25) is 9.78 Å². The molecule has 0 radical (unpaired) electrons. The number of hydrogen-bond donors (Lipinski definition) is 1. The summed E-state index contributed by atoms with van der Waals surface area (Å²) in [5.41, 5.74) is 4.06. The van der Waals surface area contributed by atoms with Gasteiger partial charge in [0.25, 0.3) is 5.91 Å². The van der Waals surface area contributed by atoms with Crippen molar-refractivity contribution in [3.63, 3.8) is 0 Å². The lowest BCUT2D eigenvalue weighted by molar-refractivity contribution is 0.0951. The monoisotopic (exact) mass is 254 g/mol. The highest BCUT2D eigenvalue weighted by Crippen LogP contribution is 2.11. The first kappa shape index (κ1) is 13.3. The molecule has 0 bridgehead atoms. The zero-order chi connectivity index (χ0) is 13.7. The lowest BCUT2D eigenvalue weighted by Gasteiger charge is -2.05. The van der Waals surface area contributed by atoms with Crippen LogP contribution < -0.4 is 5.32 Å². The molecule has 2 aromatic rings. The third kappa shape index (κ3) is 3.65. The van der Waals surface area contributed by atoms with Gasteiger partial charge < -0.3 is 5.32 Å². The van der Waals surface area contributed by atoms with Crippen LogP contribution in [0.1, 0.15) is 34.1 Å². The summed E-state index contributed by atoms with van der Waals surface area (Å²) in [5.74, 6) is -0.117. The number of aryl methyl sites for hydroxylation is 1. The lowest BCUT2D eigenvalue weighted by Crippen LogP contribution is -2.23. The van der Waals surface area contributed by atoms with E-state index in [1.807, 2.05) is 19.1 Å². The summed E-state index contributed by atoms with van der Waals surface area (Å²) < 4.78 is 0. The molecule has 0 aliphatic carbocycles. The highest BCUT2D eigenvalue weighted by Gasteiger charge is 2.06. The number of hydrogen-bond acceptors (Lipinski definition) is 2. The van der Waals surface area contributed by atoms with Crippen molar-refractivity contribution < 1.29 is 4.79 Å². The molecule has 19 heavy (non-hydrogen) atoms. The number of benzene rings is 1. The number of nitrogens with zero attached hydrogens (tertiary/aromatic N) is 1. The van der Waals surface area contributed by atoms with Gasteiger partial charge in [-0.05, 0) is 43.5 Å². The quantitative estimate of drug-likeness (QED) is 0.911. The third-order valence-electron chi connectivity index (χ3n) is 2.92. The normalized spacial score (nSPS) is 10.2. The minimum Gasteiger partial charge on any atom is -0.351 e. The van der Waals surface area contributed by atoms with E-state index >= 15 is 0 Å². The van der Waals surface area contributed by atoms with Crippen molar-refractivity contribution in [3.8, 4) is 0 Å². The molecule has 1 aromatic carbocycles.